The molecule has 13 N–H and O–H groups in total. The molecule has 0 spiro atoms. The molecule has 20 nitrogen and oxygen atoms in total. The van der Waals surface area contributed by atoms with E-state index in [1.54, 1.807) is 75.5 Å². The van der Waals surface area contributed by atoms with Gasteiger partial charge in [-0.25, -0.2) is 0 Å². The lowest BCUT2D eigenvalue weighted by Crippen LogP contribution is -2.63. The number of cyclic esters (lactones) is 1. The average Bonchev–Trinajstić information content (AvgIpc) is 3.30. The normalized spacial score (nSPS) is 44.1. The summed E-state index contributed by atoms with van der Waals surface area (Å²) in [5.41, 5.74) is 0. The molecule has 0 radical (unpaired) electrons. The molecule has 4 rings (SSSR count). The molecule has 72 heavy (non-hydrogen) atoms. The van der Waals surface area contributed by atoms with Gasteiger partial charge in [-0.05, 0) is 46.1 Å². The highest BCUT2D eigenvalue weighted by Crippen LogP contribution is 2.38. The van der Waals surface area contributed by atoms with Crippen LogP contribution in [0.2, 0.25) is 0 Å². The van der Waals surface area contributed by atoms with E-state index in [1.807, 2.05) is 37.3 Å². The van der Waals surface area contributed by atoms with Crippen molar-refractivity contribution in [2.24, 2.45) is 17.8 Å². The first-order chi connectivity index (χ1) is 34.2. The van der Waals surface area contributed by atoms with Crippen LogP contribution in [0.15, 0.2) is 85.1 Å². The van der Waals surface area contributed by atoms with E-state index in [1.165, 1.54) is 0 Å². The van der Waals surface area contributed by atoms with Gasteiger partial charge in [0.25, 0.3) is 0 Å². The topological polar surface area (TPSA) is 327 Å². The summed E-state index contributed by atoms with van der Waals surface area (Å²) in [4.78, 5) is 39.2. The van der Waals surface area contributed by atoms with E-state index in [0.717, 1.165) is 0 Å². The van der Waals surface area contributed by atoms with E-state index in [-0.39, 0.29) is 44.7 Å². The molecule has 20 heteroatoms. The lowest BCUT2D eigenvalue weighted by molar-refractivity contribution is -0.308. The summed E-state index contributed by atoms with van der Waals surface area (Å²) in [5.74, 6) is -6.49. The summed E-state index contributed by atoms with van der Waals surface area (Å²) in [7, 11) is 0. The highest BCUT2D eigenvalue weighted by atomic mass is 16.7. The standard InChI is InChI=1S/C52H81N3O17/c1-31-18-15-13-11-9-7-5-6-8-10-12-14-16-19-38-27-42-45(50(67)55-30-43(62)53-22-17-23-54-46-48(65)34(4)70-51(71-38)49(46)66)41(61)29-52(68,72-42)28-37(58)25-40(60)39(59)21-20-35(56)24-36(57)26-44(63)69-33(3)32(2)47(31)64/h5-16,18-19,31-42,45-49,51,54,56-61,64-66,68H,17,20-30H2,1-4H3,(H,53,62)(H,55,67)/b6-5+,9-7+,10-8+,13-11+,14-12+,18-15+,19-16+/t31-,32-,33-,34+,35+,36+,37-,38-,39+,40+,41-,42-,45+,46-,47+,48+,49-,51-,52+/m0/s1. The van der Waals surface area contributed by atoms with Crippen LogP contribution < -0.4 is 16.0 Å². The minimum absolute atomic E-state index is 0.107. The van der Waals surface area contributed by atoms with Crippen molar-refractivity contribution in [2.75, 3.05) is 19.6 Å². The number of esters is 1. The van der Waals surface area contributed by atoms with Crippen molar-refractivity contribution in [3.63, 3.8) is 0 Å². The van der Waals surface area contributed by atoms with E-state index < -0.39 is 159 Å². The Morgan fingerprint density at radius 2 is 1.22 bits per heavy atom. The molecule has 0 saturated carbocycles. The molecule has 3 saturated heterocycles. The number of ether oxygens (including phenoxy) is 4. The van der Waals surface area contributed by atoms with Crippen molar-refractivity contribution in [1.82, 2.24) is 16.0 Å². The number of nitrogens with one attached hydrogen (secondary N) is 3. The molecular formula is C52H81N3O17. The number of carbonyl (C=O) groups excluding carboxylic acids is 3. The molecule has 4 heterocycles. The molecule has 4 aliphatic rings. The predicted molar refractivity (Wildman–Crippen MR) is 264 cm³/mol. The zero-order chi connectivity index (χ0) is 53.0. The van der Waals surface area contributed by atoms with Gasteiger partial charge in [-0.2, -0.15) is 0 Å². The molecule has 0 aromatic carbocycles. The molecule has 0 unspecified atom stereocenters. The molecule has 3 fully saturated rings. The van der Waals surface area contributed by atoms with Gasteiger partial charge < -0.3 is 86.0 Å². The Labute approximate surface area is 422 Å². The number of amides is 2. The molecule has 0 aliphatic carbocycles. The Kier molecular flexibility index (Phi) is 25.6. The zero-order valence-corrected chi connectivity index (χ0v) is 41.8. The van der Waals surface area contributed by atoms with Gasteiger partial charge in [0.15, 0.2) is 12.1 Å². The van der Waals surface area contributed by atoms with Crippen molar-refractivity contribution in [2.45, 2.75) is 183 Å². The van der Waals surface area contributed by atoms with Crippen LogP contribution in [0.3, 0.4) is 0 Å². The van der Waals surface area contributed by atoms with Crippen LogP contribution >= 0.6 is 0 Å². The van der Waals surface area contributed by atoms with Gasteiger partial charge in [-0.15, -0.1) is 0 Å². The highest BCUT2D eigenvalue weighted by molar-refractivity contribution is 5.86. The molecule has 0 aromatic heterocycles. The van der Waals surface area contributed by atoms with Crippen LogP contribution in [0.1, 0.15) is 85.5 Å². The van der Waals surface area contributed by atoms with E-state index >= 15 is 0 Å². The van der Waals surface area contributed by atoms with Crippen LogP contribution in [0.25, 0.3) is 0 Å². The number of carbonyl (C=O) groups is 3. The van der Waals surface area contributed by atoms with Crippen LogP contribution in [0, 0.1) is 17.8 Å². The second-order valence-electron chi connectivity index (χ2n) is 19.6. The molecular weight excluding hydrogens is 939 g/mol. The zero-order valence-electron chi connectivity index (χ0n) is 41.8. The van der Waals surface area contributed by atoms with Gasteiger partial charge in [0.2, 0.25) is 11.8 Å². The van der Waals surface area contributed by atoms with Crippen molar-refractivity contribution in [3.05, 3.63) is 85.1 Å². The molecule has 2 amide bonds. The van der Waals surface area contributed by atoms with Crippen LogP contribution in [-0.4, -0.2) is 186 Å². The Hall–Kier alpha value is -3.97. The van der Waals surface area contributed by atoms with Gasteiger partial charge in [-0.3, -0.25) is 14.4 Å². The quantitative estimate of drug-likeness (QED) is 0.141. The van der Waals surface area contributed by atoms with Gasteiger partial charge >= 0.3 is 5.97 Å². The SMILES string of the molecule is C[C@@H]1[C@H](O)[C@@H](C)/C=C/C=C/C=C/C=C/C=C/C=C/C=C/[C@H]2C[C@@H]3O[C@](O)(C[C@@H](O)C[C@@H](O)[C@H](O)CC[C@@H](O)C[C@@H](O)CC(=O)O[C@H]1C)C[C@H](O)[C@H]3C(=O)NCC(=O)NCCCN[C@@H]1[C@H](O)[C@H](O2)O[C@H](C)[C@H]1O. The van der Waals surface area contributed by atoms with Gasteiger partial charge in [0, 0.05) is 44.1 Å². The fourth-order valence-electron chi connectivity index (χ4n) is 9.13. The first kappa shape index (κ1) is 60.6. The van der Waals surface area contributed by atoms with Crippen molar-refractivity contribution < 1.29 is 84.4 Å². The molecule has 0 aromatic rings. The Balaban J connectivity index is 1.63. The summed E-state index contributed by atoms with van der Waals surface area (Å²) >= 11 is 0. The maximum Gasteiger partial charge on any atom is 0.308 e. The van der Waals surface area contributed by atoms with E-state index in [4.69, 9.17) is 18.9 Å². The van der Waals surface area contributed by atoms with Crippen LogP contribution in [-0.2, 0) is 33.3 Å². The third-order valence-corrected chi connectivity index (χ3v) is 13.5. The summed E-state index contributed by atoms with van der Waals surface area (Å²) in [5, 5.41) is 119. The Bertz CT molecular complexity index is 1890. The van der Waals surface area contributed by atoms with Crippen LogP contribution in [0.4, 0.5) is 0 Å². The lowest BCUT2D eigenvalue weighted by Gasteiger charge is -2.46. The van der Waals surface area contributed by atoms with E-state index in [0.29, 0.717) is 6.42 Å². The molecule has 4 aliphatic heterocycles. The number of fused-ring (bicyclic) bond motifs is 4. The fourth-order valence-corrected chi connectivity index (χ4v) is 9.13. The maximum absolute atomic E-state index is 13.8. The number of aliphatic hydroxyl groups excluding tert-OH is 9. The molecule has 406 valence electrons. The molecule has 19 atom stereocenters. The summed E-state index contributed by atoms with van der Waals surface area (Å²) in [6.45, 7) is 6.87. The van der Waals surface area contributed by atoms with Crippen molar-refractivity contribution >= 4 is 17.8 Å². The number of hydrogen-bond donors (Lipinski definition) is 13. The number of allylic oxidation sites excluding steroid dienone is 12. The summed E-state index contributed by atoms with van der Waals surface area (Å²) in [6, 6.07) is -0.907. The first-order valence-electron chi connectivity index (χ1n) is 25.2. The van der Waals surface area contributed by atoms with Gasteiger partial charge in [-0.1, -0.05) is 98.9 Å². The van der Waals surface area contributed by atoms with Crippen molar-refractivity contribution in [3.8, 4) is 0 Å². The second-order valence-corrected chi connectivity index (χ2v) is 19.6. The summed E-state index contributed by atoms with van der Waals surface area (Å²) < 4.78 is 24.0. The second kappa shape index (κ2) is 30.4. The minimum Gasteiger partial charge on any atom is -0.462 e. The predicted octanol–water partition coefficient (Wildman–Crippen LogP) is -0.106. The maximum atomic E-state index is 13.8. The first-order valence-corrected chi connectivity index (χ1v) is 25.2. The third-order valence-electron chi connectivity index (χ3n) is 13.5. The smallest absolute Gasteiger partial charge is 0.308 e. The lowest BCUT2D eigenvalue weighted by atomic mass is 9.82. The highest BCUT2D eigenvalue weighted by Gasteiger charge is 2.51. The van der Waals surface area contributed by atoms with E-state index in [2.05, 4.69) is 16.0 Å². The number of aliphatic hydroxyl groups is 10. The minimum atomic E-state index is -2.32. The van der Waals surface area contributed by atoms with Gasteiger partial charge in [0.05, 0.1) is 92.1 Å². The third kappa shape index (κ3) is 20.0. The van der Waals surface area contributed by atoms with Crippen LogP contribution in [0.5, 0.6) is 0 Å². The fraction of sp³-hybridized carbons (Fsp3) is 0.673. The Morgan fingerprint density at radius 1 is 0.597 bits per heavy atom. The van der Waals surface area contributed by atoms with Crippen molar-refractivity contribution in [1.29, 1.82) is 0 Å². The average molecular weight is 1020 g/mol. The van der Waals surface area contributed by atoms with Gasteiger partial charge in [0.1, 0.15) is 12.2 Å². The number of rotatable bonds is 0. The van der Waals surface area contributed by atoms with E-state index in [9.17, 15) is 65.4 Å². The number of hydrogen-bond acceptors (Lipinski definition) is 18. The summed E-state index contributed by atoms with van der Waals surface area (Å²) in [6.07, 6.45) is 4.77. The molecule has 5 bridgehead atoms. The Morgan fingerprint density at radius 3 is 1.88 bits per heavy atom. The monoisotopic (exact) mass is 1020 g/mol. The largest absolute Gasteiger partial charge is 0.462 e.